The summed E-state index contributed by atoms with van der Waals surface area (Å²) in [5.41, 5.74) is 2.39. The first-order valence-corrected chi connectivity index (χ1v) is 8.92. The number of hydrogen-bond acceptors (Lipinski definition) is 6. The van der Waals surface area contributed by atoms with Crippen molar-refractivity contribution in [3.63, 3.8) is 0 Å². The van der Waals surface area contributed by atoms with E-state index in [0.29, 0.717) is 5.75 Å². The summed E-state index contributed by atoms with van der Waals surface area (Å²) in [6, 6.07) is 10.3. The average molecular weight is 385 g/mol. The molecule has 3 rings (SSSR count). The molecular weight excluding hydrogens is 362 g/mol. The van der Waals surface area contributed by atoms with Gasteiger partial charge in [-0.1, -0.05) is 18.2 Å². The van der Waals surface area contributed by atoms with Crippen LogP contribution in [0, 0.1) is 0 Å². The van der Waals surface area contributed by atoms with Gasteiger partial charge in [0, 0.05) is 12.7 Å². The topological polar surface area (TPSA) is 112 Å². The highest BCUT2D eigenvalue weighted by Gasteiger charge is 2.36. The van der Waals surface area contributed by atoms with E-state index in [1.165, 1.54) is 4.90 Å². The molecule has 148 valence electrons. The van der Waals surface area contributed by atoms with Crippen LogP contribution in [0.4, 0.5) is 0 Å². The van der Waals surface area contributed by atoms with E-state index < -0.39 is 30.1 Å². The van der Waals surface area contributed by atoms with Gasteiger partial charge in [-0.3, -0.25) is 14.6 Å². The molecule has 0 radical (unpaired) electrons. The van der Waals surface area contributed by atoms with E-state index in [1.54, 1.807) is 50.6 Å². The summed E-state index contributed by atoms with van der Waals surface area (Å²) < 4.78 is 5.15. The first-order chi connectivity index (χ1) is 13.4. The fourth-order valence-corrected chi connectivity index (χ4v) is 3.11. The third kappa shape index (κ3) is 4.13. The maximum atomic E-state index is 12.5. The third-order valence-corrected chi connectivity index (χ3v) is 4.77. The number of ether oxygens (including phenoxy) is 1. The predicted octanol–water partition coefficient (Wildman–Crippen LogP) is 0.532. The lowest BCUT2D eigenvalue weighted by Gasteiger charge is -2.24. The predicted molar refractivity (Wildman–Crippen MR) is 100 cm³/mol. The van der Waals surface area contributed by atoms with Crippen LogP contribution in [-0.2, 0) is 22.7 Å². The average Bonchev–Trinajstić information content (AvgIpc) is 3.16. The molecule has 3 N–H and O–H groups in total. The van der Waals surface area contributed by atoms with Crippen LogP contribution in [0.15, 0.2) is 42.6 Å². The number of carbonyl (C=O) groups is 2. The van der Waals surface area contributed by atoms with E-state index in [0.717, 1.165) is 16.8 Å². The van der Waals surface area contributed by atoms with Gasteiger partial charge in [-0.25, -0.2) is 0 Å². The molecule has 0 aliphatic carbocycles. The molecule has 1 aliphatic rings. The minimum Gasteiger partial charge on any atom is -0.497 e. The molecule has 0 unspecified atom stereocenters. The Morgan fingerprint density at radius 2 is 1.96 bits per heavy atom. The Kier molecular flexibility index (Phi) is 5.91. The molecule has 3 atom stereocenters. The molecule has 8 nitrogen and oxygen atoms in total. The van der Waals surface area contributed by atoms with Crippen molar-refractivity contribution in [3.05, 3.63) is 59.4 Å². The number of carbonyl (C=O) groups excluding carboxylic acids is 2. The van der Waals surface area contributed by atoms with Gasteiger partial charge in [-0.2, -0.15) is 0 Å². The van der Waals surface area contributed by atoms with E-state index in [2.05, 4.69) is 10.3 Å². The molecule has 2 amide bonds. The van der Waals surface area contributed by atoms with Gasteiger partial charge in [-0.15, -0.1) is 0 Å². The number of aromatic nitrogens is 1. The highest BCUT2D eigenvalue weighted by atomic mass is 16.5. The Balaban J connectivity index is 1.60. The number of aliphatic hydroxyl groups excluding tert-OH is 2. The van der Waals surface area contributed by atoms with Gasteiger partial charge in [0.05, 0.1) is 25.4 Å². The van der Waals surface area contributed by atoms with Crippen molar-refractivity contribution in [1.29, 1.82) is 0 Å². The monoisotopic (exact) mass is 385 g/mol. The molecule has 2 heterocycles. The molecule has 0 spiro atoms. The molecule has 1 aromatic carbocycles. The standard InChI is InChI=1S/C20H23N3O5/c1-12(13-5-3-7-15(9-13)28-2)22-19(26)17(24)18(25)20(27)23-10-14-6-4-8-21-16(14)11-23/h3-9,12,17-18,24-25H,10-11H2,1-2H3,(H,22,26)/t12-,17-,18-/m1/s1. The van der Waals surface area contributed by atoms with Crippen molar-refractivity contribution in [3.8, 4) is 5.75 Å². The fourth-order valence-electron chi connectivity index (χ4n) is 3.11. The van der Waals surface area contributed by atoms with E-state index in [1.807, 2.05) is 6.07 Å². The van der Waals surface area contributed by atoms with Gasteiger partial charge in [-0.05, 0) is 36.2 Å². The summed E-state index contributed by atoms with van der Waals surface area (Å²) in [6.07, 6.45) is -2.10. The summed E-state index contributed by atoms with van der Waals surface area (Å²) in [7, 11) is 1.54. The Labute approximate surface area is 162 Å². The van der Waals surface area contributed by atoms with Crippen molar-refractivity contribution in [1.82, 2.24) is 15.2 Å². The maximum absolute atomic E-state index is 12.5. The van der Waals surface area contributed by atoms with E-state index in [9.17, 15) is 19.8 Å². The van der Waals surface area contributed by atoms with Crippen LogP contribution in [0.5, 0.6) is 5.75 Å². The van der Waals surface area contributed by atoms with Crippen LogP contribution in [0.25, 0.3) is 0 Å². The second-order valence-corrected chi connectivity index (χ2v) is 6.70. The first kappa shape index (κ1) is 19.8. The minimum atomic E-state index is -1.88. The van der Waals surface area contributed by atoms with Crippen LogP contribution in [0.3, 0.4) is 0 Å². The van der Waals surface area contributed by atoms with Gasteiger partial charge < -0.3 is 25.2 Å². The number of hydrogen-bond donors (Lipinski definition) is 3. The largest absolute Gasteiger partial charge is 0.497 e. The van der Waals surface area contributed by atoms with Crippen LogP contribution < -0.4 is 10.1 Å². The summed E-state index contributed by atoms with van der Waals surface area (Å²) in [5.74, 6) is -0.905. The summed E-state index contributed by atoms with van der Waals surface area (Å²) in [5, 5.41) is 23.0. The zero-order valence-corrected chi connectivity index (χ0v) is 15.7. The number of methoxy groups -OCH3 is 1. The highest BCUT2D eigenvalue weighted by molar-refractivity contribution is 5.91. The van der Waals surface area contributed by atoms with Gasteiger partial charge in [0.25, 0.3) is 11.8 Å². The van der Waals surface area contributed by atoms with Gasteiger partial charge >= 0.3 is 0 Å². The van der Waals surface area contributed by atoms with Crippen molar-refractivity contribution < 1.29 is 24.5 Å². The van der Waals surface area contributed by atoms with E-state index in [-0.39, 0.29) is 13.1 Å². The molecule has 0 bridgehead atoms. The summed E-state index contributed by atoms with van der Waals surface area (Å²) >= 11 is 0. The summed E-state index contributed by atoms with van der Waals surface area (Å²) in [6.45, 7) is 2.25. The molecule has 0 saturated carbocycles. The second kappa shape index (κ2) is 8.37. The number of rotatable bonds is 6. The molecule has 8 heteroatoms. The van der Waals surface area contributed by atoms with Crippen LogP contribution in [-0.4, -0.2) is 51.2 Å². The van der Waals surface area contributed by atoms with Crippen molar-refractivity contribution >= 4 is 11.8 Å². The Hall–Kier alpha value is -2.97. The van der Waals surface area contributed by atoms with Crippen LogP contribution in [0.2, 0.25) is 0 Å². The Morgan fingerprint density at radius 1 is 1.18 bits per heavy atom. The van der Waals surface area contributed by atoms with Crippen molar-refractivity contribution in [2.24, 2.45) is 0 Å². The summed E-state index contributed by atoms with van der Waals surface area (Å²) in [4.78, 5) is 30.4. The quantitative estimate of drug-likeness (QED) is 0.669. The fraction of sp³-hybridized carbons (Fsp3) is 0.350. The number of fused-ring (bicyclic) bond motifs is 1. The number of nitrogens with one attached hydrogen (secondary N) is 1. The zero-order chi connectivity index (χ0) is 20.3. The number of benzene rings is 1. The zero-order valence-electron chi connectivity index (χ0n) is 15.7. The normalized spacial score (nSPS) is 16.1. The second-order valence-electron chi connectivity index (χ2n) is 6.70. The Morgan fingerprint density at radius 3 is 2.68 bits per heavy atom. The minimum absolute atomic E-state index is 0.237. The highest BCUT2D eigenvalue weighted by Crippen LogP contribution is 2.22. The lowest BCUT2D eigenvalue weighted by atomic mass is 10.1. The molecule has 28 heavy (non-hydrogen) atoms. The first-order valence-electron chi connectivity index (χ1n) is 8.92. The van der Waals surface area contributed by atoms with Gasteiger partial charge in [0.1, 0.15) is 5.75 Å². The SMILES string of the molecule is COc1cccc([C@@H](C)NC(=O)[C@H](O)[C@@H](O)C(=O)N2Cc3cccnc3C2)c1. The lowest BCUT2D eigenvalue weighted by molar-refractivity contribution is -0.153. The number of nitrogens with zero attached hydrogens (tertiary/aromatic N) is 2. The maximum Gasteiger partial charge on any atom is 0.255 e. The van der Waals surface area contributed by atoms with Crippen molar-refractivity contribution in [2.45, 2.75) is 38.3 Å². The molecule has 0 fully saturated rings. The molecule has 2 aromatic rings. The smallest absolute Gasteiger partial charge is 0.255 e. The third-order valence-electron chi connectivity index (χ3n) is 4.77. The van der Waals surface area contributed by atoms with Gasteiger partial charge in [0.15, 0.2) is 12.2 Å². The number of amides is 2. The van der Waals surface area contributed by atoms with E-state index in [4.69, 9.17) is 4.74 Å². The molecule has 1 aliphatic heterocycles. The number of pyridine rings is 1. The lowest BCUT2D eigenvalue weighted by Crippen LogP contribution is -2.50. The molecule has 1 aromatic heterocycles. The molecule has 0 saturated heterocycles. The van der Waals surface area contributed by atoms with Crippen LogP contribution in [0.1, 0.15) is 29.8 Å². The number of aliphatic hydroxyl groups is 2. The van der Waals surface area contributed by atoms with Crippen LogP contribution >= 0.6 is 0 Å². The van der Waals surface area contributed by atoms with Gasteiger partial charge in [0.2, 0.25) is 0 Å². The van der Waals surface area contributed by atoms with E-state index >= 15 is 0 Å². The Bertz CT molecular complexity index is 847. The molecular formula is C20H23N3O5. The van der Waals surface area contributed by atoms with Crippen molar-refractivity contribution in [2.75, 3.05) is 7.11 Å².